The summed E-state index contributed by atoms with van der Waals surface area (Å²) in [5.41, 5.74) is 0.589. The first-order valence-electron chi connectivity index (χ1n) is 4.25. The molecule has 14 heavy (non-hydrogen) atoms. The summed E-state index contributed by atoms with van der Waals surface area (Å²) in [4.78, 5) is 13.3. The van der Waals surface area contributed by atoms with Crippen LogP contribution < -0.4 is 0 Å². The Labute approximate surface area is 91.5 Å². The summed E-state index contributed by atoms with van der Waals surface area (Å²) in [6.45, 7) is 0.666. The monoisotopic (exact) mass is 257 g/mol. The number of phenolic OH excluding ortho intramolecular Hbond substituents is 1. The second-order valence-electron chi connectivity index (χ2n) is 2.96. The average Bonchev–Trinajstić information content (AvgIpc) is 2.18. The van der Waals surface area contributed by atoms with E-state index in [9.17, 15) is 4.79 Å². The summed E-state index contributed by atoms with van der Waals surface area (Å²) < 4.78 is 0. The standard InChI is InChI=1S/C10H12BrNO2/c1-12(7-6-11)10(14)8-2-4-9(13)5-3-8/h2-5,13H,6-7H2,1H3. The maximum Gasteiger partial charge on any atom is 0.253 e. The molecule has 4 heteroatoms. The molecule has 3 nitrogen and oxygen atoms in total. The lowest BCUT2D eigenvalue weighted by Crippen LogP contribution is -2.28. The zero-order chi connectivity index (χ0) is 10.6. The summed E-state index contributed by atoms with van der Waals surface area (Å²) in [5.74, 6) is 0.133. The Kier molecular flexibility index (Phi) is 3.95. The number of carbonyl (C=O) groups excluding carboxylic acids is 1. The number of rotatable bonds is 3. The third-order valence-electron chi connectivity index (χ3n) is 1.88. The normalized spacial score (nSPS) is 9.86. The van der Waals surface area contributed by atoms with Crippen LogP contribution in [-0.4, -0.2) is 34.8 Å². The first-order valence-corrected chi connectivity index (χ1v) is 5.37. The number of nitrogens with zero attached hydrogens (tertiary/aromatic N) is 1. The van der Waals surface area contributed by atoms with Gasteiger partial charge >= 0.3 is 0 Å². The SMILES string of the molecule is CN(CCBr)C(=O)c1ccc(O)cc1. The van der Waals surface area contributed by atoms with E-state index in [1.54, 1.807) is 24.1 Å². The predicted octanol–water partition coefficient (Wildman–Crippen LogP) is 1.86. The van der Waals surface area contributed by atoms with Crippen LogP contribution >= 0.6 is 15.9 Å². The van der Waals surface area contributed by atoms with Crippen molar-refractivity contribution >= 4 is 21.8 Å². The van der Waals surface area contributed by atoms with Crippen molar-refractivity contribution in [2.75, 3.05) is 18.9 Å². The number of phenols is 1. The van der Waals surface area contributed by atoms with Gasteiger partial charge in [-0.25, -0.2) is 0 Å². The molecule has 0 unspecified atom stereocenters. The molecule has 0 aromatic heterocycles. The van der Waals surface area contributed by atoms with E-state index in [-0.39, 0.29) is 11.7 Å². The zero-order valence-electron chi connectivity index (χ0n) is 7.90. The smallest absolute Gasteiger partial charge is 0.253 e. The van der Waals surface area contributed by atoms with Crippen molar-refractivity contribution in [1.29, 1.82) is 0 Å². The number of amides is 1. The molecule has 0 heterocycles. The molecule has 1 rings (SSSR count). The van der Waals surface area contributed by atoms with Crippen LogP contribution in [0.1, 0.15) is 10.4 Å². The molecule has 0 aliphatic carbocycles. The van der Waals surface area contributed by atoms with E-state index in [4.69, 9.17) is 5.11 Å². The second kappa shape index (κ2) is 5.00. The minimum absolute atomic E-state index is 0.0375. The fourth-order valence-electron chi connectivity index (χ4n) is 1.05. The van der Waals surface area contributed by atoms with Crippen LogP contribution in [0.15, 0.2) is 24.3 Å². The van der Waals surface area contributed by atoms with Crippen LogP contribution in [0.25, 0.3) is 0 Å². The highest BCUT2D eigenvalue weighted by molar-refractivity contribution is 9.09. The summed E-state index contributed by atoms with van der Waals surface area (Å²) in [7, 11) is 1.75. The topological polar surface area (TPSA) is 40.5 Å². The highest BCUT2D eigenvalue weighted by Gasteiger charge is 2.09. The summed E-state index contributed by atoms with van der Waals surface area (Å²) in [5, 5.41) is 9.81. The number of carbonyl (C=O) groups is 1. The summed E-state index contributed by atoms with van der Waals surface area (Å²) in [6, 6.07) is 6.25. The largest absolute Gasteiger partial charge is 0.508 e. The maximum atomic E-state index is 11.7. The maximum absolute atomic E-state index is 11.7. The highest BCUT2D eigenvalue weighted by Crippen LogP contribution is 2.11. The molecule has 1 amide bonds. The van der Waals surface area contributed by atoms with Gasteiger partial charge in [0.1, 0.15) is 5.75 Å². The van der Waals surface area contributed by atoms with Gasteiger partial charge in [-0.15, -0.1) is 0 Å². The molecular weight excluding hydrogens is 246 g/mol. The molecule has 0 aliphatic rings. The van der Waals surface area contributed by atoms with Gasteiger partial charge in [-0.1, -0.05) is 15.9 Å². The van der Waals surface area contributed by atoms with Gasteiger partial charge in [-0.3, -0.25) is 4.79 Å². The molecule has 1 aromatic rings. The van der Waals surface area contributed by atoms with E-state index < -0.39 is 0 Å². The van der Waals surface area contributed by atoms with Crippen molar-refractivity contribution in [1.82, 2.24) is 4.90 Å². The number of hydrogen-bond donors (Lipinski definition) is 1. The molecule has 1 aromatic carbocycles. The first-order chi connectivity index (χ1) is 6.65. The molecule has 0 radical (unpaired) electrons. The lowest BCUT2D eigenvalue weighted by molar-refractivity contribution is 0.0804. The van der Waals surface area contributed by atoms with Crippen molar-refractivity contribution < 1.29 is 9.90 Å². The van der Waals surface area contributed by atoms with Gasteiger partial charge < -0.3 is 10.0 Å². The van der Waals surface area contributed by atoms with Gasteiger partial charge in [-0.05, 0) is 24.3 Å². The third-order valence-corrected chi connectivity index (χ3v) is 2.24. The van der Waals surface area contributed by atoms with Crippen LogP contribution in [0.3, 0.4) is 0 Å². The Morgan fingerprint density at radius 1 is 1.43 bits per heavy atom. The third kappa shape index (κ3) is 2.73. The Hall–Kier alpha value is -1.03. The minimum atomic E-state index is -0.0375. The van der Waals surface area contributed by atoms with Crippen LogP contribution in [0.4, 0.5) is 0 Å². The molecular formula is C10H12BrNO2. The number of hydrogen-bond acceptors (Lipinski definition) is 2. The van der Waals surface area contributed by atoms with E-state index in [1.807, 2.05) is 0 Å². The Morgan fingerprint density at radius 2 is 2.00 bits per heavy atom. The van der Waals surface area contributed by atoms with Crippen molar-refractivity contribution in [2.24, 2.45) is 0 Å². The first kappa shape index (κ1) is 11.0. The minimum Gasteiger partial charge on any atom is -0.508 e. The van der Waals surface area contributed by atoms with Crippen molar-refractivity contribution in [2.45, 2.75) is 0 Å². The molecule has 0 fully saturated rings. The van der Waals surface area contributed by atoms with Crippen molar-refractivity contribution in [3.05, 3.63) is 29.8 Å². The molecule has 0 bridgehead atoms. The van der Waals surface area contributed by atoms with Gasteiger partial charge in [0, 0.05) is 24.5 Å². The van der Waals surface area contributed by atoms with E-state index in [0.717, 1.165) is 5.33 Å². The van der Waals surface area contributed by atoms with E-state index >= 15 is 0 Å². The lowest BCUT2D eigenvalue weighted by Gasteiger charge is -2.15. The van der Waals surface area contributed by atoms with Gasteiger partial charge in [-0.2, -0.15) is 0 Å². The molecule has 0 spiro atoms. The van der Waals surface area contributed by atoms with Crippen LogP contribution in [0.5, 0.6) is 5.75 Å². The average molecular weight is 258 g/mol. The number of benzene rings is 1. The number of alkyl halides is 1. The fraction of sp³-hybridized carbons (Fsp3) is 0.300. The zero-order valence-corrected chi connectivity index (χ0v) is 9.49. The second-order valence-corrected chi connectivity index (χ2v) is 3.76. The Balaban J connectivity index is 2.74. The molecule has 0 saturated heterocycles. The highest BCUT2D eigenvalue weighted by atomic mass is 79.9. The summed E-state index contributed by atoms with van der Waals surface area (Å²) in [6.07, 6.45) is 0. The molecule has 0 saturated carbocycles. The van der Waals surface area contributed by atoms with Gasteiger partial charge in [0.2, 0.25) is 0 Å². The lowest BCUT2D eigenvalue weighted by atomic mass is 10.2. The van der Waals surface area contributed by atoms with Crippen molar-refractivity contribution in [3.8, 4) is 5.75 Å². The molecule has 0 atom stereocenters. The molecule has 1 N–H and O–H groups in total. The summed E-state index contributed by atoms with van der Waals surface area (Å²) >= 11 is 3.27. The van der Waals surface area contributed by atoms with Gasteiger partial charge in [0.25, 0.3) is 5.91 Å². The predicted molar refractivity (Wildman–Crippen MR) is 58.9 cm³/mol. The van der Waals surface area contributed by atoms with E-state index in [0.29, 0.717) is 12.1 Å². The van der Waals surface area contributed by atoms with Gasteiger partial charge in [0.05, 0.1) is 0 Å². The van der Waals surface area contributed by atoms with Crippen LogP contribution in [-0.2, 0) is 0 Å². The van der Waals surface area contributed by atoms with E-state index in [2.05, 4.69) is 15.9 Å². The fourth-order valence-corrected chi connectivity index (χ4v) is 1.58. The van der Waals surface area contributed by atoms with Crippen LogP contribution in [0.2, 0.25) is 0 Å². The van der Waals surface area contributed by atoms with Crippen molar-refractivity contribution in [3.63, 3.8) is 0 Å². The van der Waals surface area contributed by atoms with Crippen LogP contribution in [0, 0.1) is 0 Å². The quantitative estimate of drug-likeness (QED) is 0.840. The number of halogens is 1. The number of aromatic hydroxyl groups is 1. The molecule has 76 valence electrons. The Morgan fingerprint density at radius 3 is 2.50 bits per heavy atom. The molecule has 0 aliphatic heterocycles. The van der Waals surface area contributed by atoms with Gasteiger partial charge in [0.15, 0.2) is 0 Å². The van der Waals surface area contributed by atoms with E-state index in [1.165, 1.54) is 12.1 Å². The Bertz CT molecular complexity index is 310.